The highest BCUT2D eigenvalue weighted by molar-refractivity contribution is 5.99. The zero-order chi connectivity index (χ0) is 20.7. The van der Waals surface area contributed by atoms with Crippen LogP contribution >= 0.6 is 0 Å². The molecule has 0 spiro atoms. The lowest BCUT2D eigenvalue weighted by Crippen LogP contribution is -2.19. The molecular formula is C20H32FN3O3. The number of rotatable bonds is 7. The standard InChI is InChI=1S/C14H19N3O.C5H10O2.CH3F/c1-11(9-15-2)10-18-13-5-3-12(4-6-13)14-16-7-8-17-14;1-5(2,3)7-4-6;1-2/h3-6,15H,1,7-10H2,2H3,(H,16,17);4H,1-3H3;1H3. The molecule has 152 valence electrons. The van der Waals surface area contributed by atoms with Crippen LogP contribution in [0.1, 0.15) is 26.3 Å². The number of likely N-dealkylation sites (N-methyl/N-ethyl adjacent to an activating group) is 1. The zero-order valence-corrected chi connectivity index (χ0v) is 17.0. The Hall–Kier alpha value is -2.41. The van der Waals surface area contributed by atoms with Crippen LogP contribution in [0.4, 0.5) is 4.39 Å². The molecule has 0 bridgehead atoms. The highest BCUT2D eigenvalue weighted by atomic mass is 19.1. The number of alkyl halides is 1. The average Bonchev–Trinajstić information content (AvgIpc) is 3.17. The number of carbonyl (C=O) groups is 1. The molecule has 1 aliphatic heterocycles. The zero-order valence-electron chi connectivity index (χ0n) is 17.0. The van der Waals surface area contributed by atoms with Gasteiger partial charge < -0.3 is 20.1 Å². The van der Waals surface area contributed by atoms with Gasteiger partial charge in [-0.25, -0.2) is 0 Å². The van der Waals surface area contributed by atoms with E-state index < -0.39 is 0 Å². The number of carbonyl (C=O) groups excluding carboxylic acids is 1. The first-order valence-electron chi connectivity index (χ1n) is 8.68. The summed E-state index contributed by atoms with van der Waals surface area (Å²) < 4.78 is 19.7. The Morgan fingerprint density at radius 3 is 2.37 bits per heavy atom. The predicted molar refractivity (Wildman–Crippen MR) is 108 cm³/mol. The summed E-state index contributed by atoms with van der Waals surface area (Å²) in [6.07, 6.45) is 0. The van der Waals surface area contributed by atoms with Gasteiger partial charge in [-0.05, 0) is 57.7 Å². The molecule has 0 saturated heterocycles. The SMILES string of the molecule is C=C(CNC)COc1ccc(C2=NCCN2)cc1.CC(C)(C)OC=O.CF. The lowest BCUT2D eigenvalue weighted by molar-refractivity contribution is -0.138. The fraction of sp³-hybridized carbons (Fsp3) is 0.500. The Morgan fingerprint density at radius 1 is 1.33 bits per heavy atom. The largest absolute Gasteiger partial charge is 0.489 e. The van der Waals surface area contributed by atoms with Gasteiger partial charge in [0.25, 0.3) is 6.47 Å². The first kappa shape index (κ1) is 24.6. The number of nitrogens with zero attached hydrogens (tertiary/aromatic N) is 1. The minimum atomic E-state index is -0.318. The van der Waals surface area contributed by atoms with Crippen LogP contribution in [0, 0.1) is 0 Å². The molecule has 0 aromatic heterocycles. The van der Waals surface area contributed by atoms with Crippen molar-refractivity contribution in [1.82, 2.24) is 10.6 Å². The Bertz CT molecular complexity index is 581. The number of hydrogen-bond acceptors (Lipinski definition) is 6. The third-order valence-electron chi connectivity index (χ3n) is 3.07. The topological polar surface area (TPSA) is 71.9 Å². The minimum absolute atomic E-state index is 0.318. The van der Waals surface area contributed by atoms with Crippen LogP contribution in [0.3, 0.4) is 0 Å². The fourth-order valence-corrected chi connectivity index (χ4v) is 1.93. The van der Waals surface area contributed by atoms with E-state index in [-0.39, 0.29) is 5.60 Å². The second-order valence-corrected chi connectivity index (χ2v) is 6.58. The van der Waals surface area contributed by atoms with Crippen LogP contribution in [0.15, 0.2) is 41.4 Å². The van der Waals surface area contributed by atoms with E-state index in [1.165, 1.54) is 0 Å². The molecule has 2 rings (SSSR count). The number of nitrogens with one attached hydrogen (secondary N) is 2. The van der Waals surface area contributed by atoms with Crippen molar-refractivity contribution in [1.29, 1.82) is 0 Å². The van der Waals surface area contributed by atoms with E-state index in [1.54, 1.807) is 0 Å². The van der Waals surface area contributed by atoms with Gasteiger partial charge in [0.2, 0.25) is 0 Å². The lowest BCUT2D eigenvalue weighted by Gasteiger charge is -2.14. The van der Waals surface area contributed by atoms with Crippen molar-refractivity contribution in [2.24, 2.45) is 4.99 Å². The Labute approximate surface area is 161 Å². The van der Waals surface area contributed by atoms with Crippen LogP contribution < -0.4 is 15.4 Å². The number of aliphatic imine (C=N–C) groups is 1. The van der Waals surface area contributed by atoms with Crippen molar-refractivity contribution in [3.05, 3.63) is 42.0 Å². The van der Waals surface area contributed by atoms with Crippen molar-refractivity contribution < 1.29 is 18.7 Å². The summed E-state index contributed by atoms with van der Waals surface area (Å²) in [5.41, 5.74) is 1.82. The Kier molecular flexibility index (Phi) is 12.5. The summed E-state index contributed by atoms with van der Waals surface area (Å²) >= 11 is 0. The van der Waals surface area contributed by atoms with E-state index in [2.05, 4.69) is 26.9 Å². The molecule has 0 fully saturated rings. The Morgan fingerprint density at radius 2 is 1.96 bits per heavy atom. The van der Waals surface area contributed by atoms with Crippen molar-refractivity contribution in [2.45, 2.75) is 26.4 Å². The molecule has 0 amide bonds. The second kappa shape index (κ2) is 13.7. The molecule has 1 aromatic rings. The van der Waals surface area contributed by atoms with Gasteiger partial charge in [0.15, 0.2) is 0 Å². The van der Waals surface area contributed by atoms with Gasteiger partial charge in [0, 0.05) is 18.7 Å². The maximum absolute atomic E-state index is 9.60. The number of amidine groups is 1. The van der Waals surface area contributed by atoms with Crippen molar-refractivity contribution in [2.75, 3.05) is 40.5 Å². The number of hydrogen-bond donors (Lipinski definition) is 2. The molecule has 0 atom stereocenters. The number of halogens is 1. The summed E-state index contributed by atoms with van der Waals surface area (Å²) in [7, 11) is 2.40. The van der Waals surface area contributed by atoms with Gasteiger partial charge in [-0.3, -0.25) is 14.2 Å². The average molecular weight is 381 g/mol. The normalized spacial score (nSPS) is 12.3. The molecule has 1 aromatic carbocycles. The molecule has 0 radical (unpaired) electrons. The van der Waals surface area contributed by atoms with Crippen LogP contribution in [-0.4, -0.2) is 58.4 Å². The molecule has 0 unspecified atom stereocenters. The molecule has 0 saturated carbocycles. The van der Waals surface area contributed by atoms with E-state index in [1.807, 2.05) is 52.1 Å². The molecular weight excluding hydrogens is 349 g/mol. The summed E-state index contributed by atoms with van der Waals surface area (Å²) in [4.78, 5) is 14.0. The Balaban J connectivity index is 0.000000637. The monoisotopic (exact) mass is 381 g/mol. The van der Waals surface area contributed by atoms with Gasteiger partial charge >= 0.3 is 0 Å². The van der Waals surface area contributed by atoms with E-state index >= 15 is 0 Å². The number of benzene rings is 1. The van der Waals surface area contributed by atoms with Gasteiger partial charge in [0.05, 0.1) is 13.7 Å². The van der Waals surface area contributed by atoms with E-state index in [0.29, 0.717) is 20.3 Å². The van der Waals surface area contributed by atoms with E-state index in [9.17, 15) is 9.18 Å². The van der Waals surface area contributed by atoms with Crippen LogP contribution in [0.5, 0.6) is 5.75 Å². The third kappa shape index (κ3) is 11.8. The smallest absolute Gasteiger partial charge is 0.293 e. The van der Waals surface area contributed by atoms with E-state index in [0.717, 1.165) is 42.4 Å². The van der Waals surface area contributed by atoms with Crippen LogP contribution in [0.2, 0.25) is 0 Å². The highest BCUT2D eigenvalue weighted by Gasteiger charge is 2.08. The second-order valence-electron chi connectivity index (χ2n) is 6.58. The van der Waals surface area contributed by atoms with Crippen molar-refractivity contribution in [3.8, 4) is 5.75 Å². The molecule has 1 heterocycles. The van der Waals surface area contributed by atoms with Crippen molar-refractivity contribution >= 4 is 12.3 Å². The van der Waals surface area contributed by atoms with Crippen LogP contribution in [-0.2, 0) is 9.53 Å². The maximum Gasteiger partial charge on any atom is 0.293 e. The fourth-order valence-electron chi connectivity index (χ4n) is 1.93. The summed E-state index contributed by atoms with van der Waals surface area (Å²) in [6, 6.07) is 7.97. The minimum Gasteiger partial charge on any atom is -0.489 e. The first-order chi connectivity index (χ1) is 12.9. The summed E-state index contributed by atoms with van der Waals surface area (Å²) in [6.45, 7) is 12.9. The summed E-state index contributed by atoms with van der Waals surface area (Å²) in [5, 5.41) is 6.29. The van der Waals surface area contributed by atoms with Gasteiger partial charge in [-0.1, -0.05) is 6.58 Å². The molecule has 2 N–H and O–H groups in total. The van der Waals surface area contributed by atoms with Crippen LogP contribution in [0.25, 0.3) is 0 Å². The summed E-state index contributed by atoms with van der Waals surface area (Å²) in [5.74, 6) is 1.83. The molecule has 0 aliphatic carbocycles. The molecule has 27 heavy (non-hydrogen) atoms. The quantitative estimate of drug-likeness (QED) is 0.561. The highest BCUT2D eigenvalue weighted by Crippen LogP contribution is 2.14. The third-order valence-corrected chi connectivity index (χ3v) is 3.07. The molecule has 1 aliphatic rings. The number of ether oxygens (including phenoxy) is 2. The van der Waals surface area contributed by atoms with Gasteiger partial charge in [-0.15, -0.1) is 0 Å². The van der Waals surface area contributed by atoms with Gasteiger partial charge in [0.1, 0.15) is 23.8 Å². The lowest BCUT2D eigenvalue weighted by atomic mass is 10.2. The predicted octanol–water partition coefficient (Wildman–Crippen LogP) is 2.73. The first-order valence-corrected chi connectivity index (χ1v) is 8.68. The van der Waals surface area contributed by atoms with Gasteiger partial charge in [-0.2, -0.15) is 0 Å². The molecule has 6 nitrogen and oxygen atoms in total. The maximum atomic E-state index is 9.60. The van der Waals surface area contributed by atoms with E-state index in [4.69, 9.17) is 4.74 Å². The molecule has 7 heteroatoms. The van der Waals surface area contributed by atoms with Crippen molar-refractivity contribution in [3.63, 3.8) is 0 Å².